The van der Waals surface area contributed by atoms with E-state index < -0.39 is 0 Å². The number of methoxy groups -OCH3 is 2. The third-order valence-corrected chi connectivity index (χ3v) is 4.12. The Morgan fingerprint density at radius 1 is 1.20 bits per heavy atom. The molecular weight excluding hydrogens is 360 g/mol. The summed E-state index contributed by atoms with van der Waals surface area (Å²) >= 11 is 11.4. The lowest BCUT2D eigenvalue weighted by atomic mass is 10.2. The van der Waals surface area contributed by atoms with E-state index in [2.05, 4.69) is 20.6 Å². The number of hydrogen-bond acceptors (Lipinski definition) is 4. The molecule has 0 atom stereocenters. The van der Waals surface area contributed by atoms with E-state index >= 15 is 0 Å². The summed E-state index contributed by atoms with van der Waals surface area (Å²) in [6.07, 6.45) is 0. The molecule has 6 nitrogen and oxygen atoms in total. The zero-order valence-electron chi connectivity index (χ0n) is 13.7. The number of nitrogens with one attached hydrogen (secondary N) is 3. The number of aromatic nitrogens is 2. The number of nitrogens with zero attached hydrogens (tertiary/aromatic N) is 1. The predicted octanol–water partition coefficient (Wildman–Crippen LogP) is 3.72. The van der Waals surface area contributed by atoms with Crippen molar-refractivity contribution in [2.24, 2.45) is 0 Å². The third kappa shape index (κ3) is 3.94. The number of thiocarbonyl (C=S) groups is 1. The Morgan fingerprint density at radius 2 is 1.96 bits per heavy atom. The average molecular weight is 377 g/mol. The van der Waals surface area contributed by atoms with Crippen LogP contribution in [0.2, 0.25) is 5.02 Å². The second-order valence-corrected chi connectivity index (χ2v) is 6.01. The smallest absolute Gasteiger partial charge is 0.171 e. The van der Waals surface area contributed by atoms with Crippen molar-refractivity contribution in [2.75, 3.05) is 19.5 Å². The Kier molecular flexibility index (Phi) is 5.25. The van der Waals surface area contributed by atoms with Crippen LogP contribution in [0.1, 0.15) is 5.82 Å². The minimum absolute atomic E-state index is 0.433. The predicted molar refractivity (Wildman–Crippen MR) is 104 cm³/mol. The Morgan fingerprint density at radius 3 is 2.68 bits per heavy atom. The average Bonchev–Trinajstić information content (AvgIpc) is 3.04. The third-order valence-electron chi connectivity index (χ3n) is 3.58. The van der Waals surface area contributed by atoms with Gasteiger partial charge in [0.15, 0.2) is 5.11 Å². The number of hydrogen-bond donors (Lipinski definition) is 3. The molecule has 0 saturated carbocycles. The highest BCUT2D eigenvalue weighted by Gasteiger charge is 2.11. The molecule has 8 heteroatoms. The van der Waals surface area contributed by atoms with Crippen LogP contribution in [0.4, 0.5) is 5.69 Å². The first-order valence-corrected chi connectivity index (χ1v) is 8.29. The van der Waals surface area contributed by atoms with Crippen LogP contribution in [0, 0.1) is 0 Å². The number of aromatic amines is 1. The number of fused-ring (bicyclic) bond motifs is 1. The first kappa shape index (κ1) is 17.3. The number of ether oxygens (including phenoxy) is 2. The van der Waals surface area contributed by atoms with Gasteiger partial charge in [-0.25, -0.2) is 4.98 Å². The first-order valence-electron chi connectivity index (χ1n) is 7.50. The van der Waals surface area contributed by atoms with Crippen molar-refractivity contribution in [3.63, 3.8) is 0 Å². The van der Waals surface area contributed by atoms with E-state index in [4.69, 9.17) is 33.3 Å². The van der Waals surface area contributed by atoms with Crippen LogP contribution in [0.15, 0.2) is 36.4 Å². The maximum absolute atomic E-state index is 6.10. The van der Waals surface area contributed by atoms with Gasteiger partial charge in [-0.05, 0) is 24.4 Å². The summed E-state index contributed by atoms with van der Waals surface area (Å²) in [6.45, 7) is 0.466. The minimum Gasteiger partial charge on any atom is -0.495 e. The van der Waals surface area contributed by atoms with E-state index in [0.717, 1.165) is 16.9 Å². The Hall–Kier alpha value is -2.51. The fourth-order valence-corrected chi connectivity index (χ4v) is 2.79. The van der Waals surface area contributed by atoms with Crippen LogP contribution in [0.5, 0.6) is 11.5 Å². The fraction of sp³-hybridized carbons (Fsp3) is 0.176. The molecule has 0 fully saturated rings. The maximum Gasteiger partial charge on any atom is 0.171 e. The van der Waals surface area contributed by atoms with Crippen LogP contribution in [0.25, 0.3) is 11.0 Å². The van der Waals surface area contributed by atoms with Gasteiger partial charge in [0.2, 0.25) is 0 Å². The number of rotatable bonds is 5. The summed E-state index contributed by atoms with van der Waals surface area (Å²) in [7, 11) is 3.11. The summed E-state index contributed by atoms with van der Waals surface area (Å²) in [5.41, 5.74) is 2.57. The first-order chi connectivity index (χ1) is 12.1. The molecule has 25 heavy (non-hydrogen) atoms. The molecule has 2 aromatic carbocycles. The van der Waals surface area contributed by atoms with Gasteiger partial charge in [0, 0.05) is 12.1 Å². The minimum atomic E-state index is 0.433. The molecule has 1 aromatic heterocycles. The van der Waals surface area contributed by atoms with Gasteiger partial charge in [0.05, 0.1) is 42.5 Å². The molecule has 0 aliphatic carbocycles. The molecule has 0 spiro atoms. The van der Waals surface area contributed by atoms with E-state index in [1.165, 1.54) is 0 Å². The van der Waals surface area contributed by atoms with Gasteiger partial charge in [-0.3, -0.25) is 0 Å². The summed E-state index contributed by atoms with van der Waals surface area (Å²) in [6, 6.07) is 11.3. The molecule has 0 amide bonds. The van der Waals surface area contributed by atoms with Gasteiger partial charge < -0.3 is 25.1 Å². The summed E-state index contributed by atoms with van der Waals surface area (Å²) in [4.78, 5) is 7.74. The van der Waals surface area contributed by atoms with E-state index in [1.807, 2.05) is 24.3 Å². The van der Waals surface area contributed by atoms with Gasteiger partial charge in [0.25, 0.3) is 0 Å². The zero-order chi connectivity index (χ0) is 17.8. The van der Waals surface area contributed by atoms with Gasteiger partial charge in [-0.2, -0.15) is 0 Å². The van der Waals surface area contributed by atoms with Crippen molar-refractivity contribution >= 4 is 45.7 Å². The second kappa shape index (κ2) is 7.58. The molecule has 3 rings (SSSR count). The highest BCUT2D eigenvalue weighted by molar-refractivity contribution is 7.80. The van der Waals surface area contributed by atoms with E-state index in [-0.39, 0.29) is 0 Å². The molecule has 1 heterocycles. The molecule has 0 aliphatic heterocycles. The molecule has 130 valence electrons. The zero-order valence-corrected chi connectivity index (χ0v) is 15.3. The number of imidazole rings is 1. The number of halogens is 1. The van der Waals surface area contributed by atoms with Crippen LogP contribution in [-0.2, 0) is 6.54 Å². The second-order valence-electron chi connectivity index (χ2n) is 5.20. The van der Waals surface area contributed by atoms with Crippen molar-refractivity contribution < 1.29 is 9.47 Å². The van der Waals surface area contributed by atoms with Crippen LogP contribution >= 0.6 is 23.8 Å². The molecule has 0 bridgehead atoms. The maximum atomic E-state index is 6.10. The van der Waals surface area contributed by atoms with Crippen LogP contribution in [-0.4, -0.2) is 29.3 Å². The van der Waals surface area contributed by atoms with E-state index in [9.17, 15) is 0 Å². The summed E-state index contributed by atoms with van der Waals surface area (Å²) in [5.74, 6) is 1.90. The monoisotopic (exact) mass is 376 g/mol. The van der Waals surface area contributed by atoms with Gasteiger partial charge in [0.1, 0.15) is 17.3 Å². The van der Waals surface area contributed by atoms with Gasteiger partial charge in [-0.1, -0.05) is 23.7 Å². The molecule has 3 N–H and O–H groups in total. The van der Waals surface area contributed by atoms with Crippen LogP contribution in [0.3, 0.4) is 0 Å². The number of para-hydroxylation sites is 2. The SMILES string of the molecule is COc1cc(NC(=S)NCc2nc3ccccc3[nH]2)c(OC)cc1Cl. The number of benzene rings is 2. The number of anilines is 1. The standard InChI is InChI=1S/C17H17ClN4O2S/c1-23-14-8-13(15(24-2)7-10(14)18)22-17(25)19-9-16-20-11-5-3-4-6-12(11)21-16/h3-8H,9H2,1-2H3,(H,20,21)(H2,19,22,25). The normalized spacial score (nSPS) is 10.5. The summed E-state index contributed by atoms with van der Waals surface area (Å²) in [5, 5.41) is 7.09. The van der Waals surface area contributed by atoms with Gasteiger partial charge in [-0.15, -0.1) is 0 Å². The van der Waals surface area contributed by atoms with Gasteiger partial charge >= 0.3 is 0 Å². The van der Waals surface area contributed by atoms with E-state index in [0.29, 0.717) is 33.9 Å². The lowest BCUT2D eigenvalue weighted by Crippen LogP contribution is -2.28. The molecule has 0 unspecified atom stereocenters. The van der Waals surface area contributed by atoms with Crippen molar-refractivity contribution in [3.8, 4) is 11.5 Å². The summed E-state index contributed by atoms with van der Waals surface area (Å²) < 4.78 is 10.5. The fourth-order valence-electron chi connectivity index (χ4n) is 2.38. The quantitative estimate of drug-likeness (QED) is 0.589. The molecule has 0 radical (unpaired) electrons. The Labute approximate surface area is 155 Å². The topological polar surface area (TPSA) is 71.2 Å². The molecule has 3 aromatic rings. The Bertz CT molecular complexity index is 880. The lowest BCUT2D eigenvalue weighted by Gasteiger charge is -2.15. The van der Waals surface area contributed by atoms with E-state index in [1.54, 1.807) is 26.4 Å². The van der Waals surface area contributed by atoms with Crippen molar-refractivity contribution in [1.82, 2.24) is 15.3 Å². The van der Waals surface area contributed by atoms with Crippen molar-refractivity contribution in [1.29, 1.82) is 0 Å². The Balaban J connectivity index is 1.68. The molecular formula is C17H17ClN4O2S. The molecule has 0 aliphatic rings. The molecule has 0 saturated heterocycles. The highest BCUT2D eigenvalue weighted by atomic mass is 35.5. The van der Waals surface area contributed by atoms with Crippen LogP contribution < -0.4 is 20.1 Å². The largest absolute Gasteiger partial charge is 0.495 e. The highest BCUT2D eigenvalue weighted by Crippen LogP contribution is 2.35. The lowest BCUT2D eigenvalue weighted by molar-refractivity contribution is 0.405. The van der Waals surface area contributed by atoms with Crippen molar-refractivity contribution in [3.05, 3.63) is 47.2 Å². The number of H-pyrrole nitrogens is 1. The van der Waals surface area contributed by atoms with Crippen molar-refractivity contribution in [2.45, 2.75) is 6.54 Å².